The Morgan fingerprint density at radius 3 is 2.82 bits per heavy atom. The molecule has 0 amide bonds. The largest absolute Gasteiger partial charge is 0.496 e. The average Bonchev–Trinajstić information content (AvgIpc) is 2.75. The molecule has 0 saturated carbocycles. The summed E-state index contributed by atoms with van der Waals surface area (Å²) in [5.74, 6) is 0.786. The monoisotopic (exact) mass is 312 g/mol. The van der Waals surface area contributed by atoms with E-state index < -0.39 is 0 Å². The Bertz CT molecular complexity index is 527. The summed E-state index contributed by atoms with van der Waals surface area (Å²) in [6.07, 6.45) is 0. The maximum absolute atomic E-state index is 6.22. The Labute approximate surface area is 113 Å². The molecule has 0 fully saturated rings. The number of halogens is 1. The van der Waals surface area contributed by atoms with Crippen LogP contribution in [0.3, 0.4) is 0 Å². The van der Waals surface area contributed by atoms with Gasteiger partial charge in [-0.3, -0.25) is 0 Å². The number of aromatic nitrogens is 1. The van der Waals surface area contributed by atoms with E-state index in [0.717, 1.165) is 26.5 Å². The van der Waals surface area contributed by atoms with Crippen LogP contribution >= 0.6 is 27.3 Å². The van der Waals surface area contributed by atoms with Crippen LogP contribution in [0.4, 0.5) is 0 Å². The first-order valence-corrected chi connectivity index (χ1v) is 6.80. The van der Waals surface area contributed by atoms with Gasteiger partial charge in [-0.1, -0.05) is 15.9 Å². The van der Waals surface area contributed by atoms with E-state index in [0.29, 0.717) is 0 Å². The van der Waals surface area contributed by atoms with Crippen molar-refractivity contribution in [3.8, 4) is 5.75 Å². The quantitative estimate of drug-likeness (QED) is 0.946. The number of aryl methyl sites for hydroxylation is 1. The molecule has 0 radical (unpaired) electrons. The standard InChI is InChI=1S/C12H13BrN2OS/c1-7-6-17-12(15-7)11(14)9-5-8(13)3-4-10(9)16-2/h3-6,11H,14H2,1-2H3. The lowest BCUT2D eigenvalue weighted by Gasteiger charge is -2.14. The Hall–Kier alpha value is -0.910. The first-order valence-electron chi connectivity index (χ1n) is 5.13. The van der Waals surface area contributed by atoms with E-state index in [1.165, 1.54) is 0 Å². The molecule has 5 heteroatoms. The molecule has 0 aliphatic rings. The van der Waals surface area contributed by atoms with Gasteiger partial charge < -0.3 is 10.5 Å². The fourth-order valence-electron chi connectivity index (χ4n) is 1.60. The van der Waals surface area contributed by atoms with Crippen LogP contribution < -0.4 is 10.5 Å². The number of ether oxygens (including phenoxy) is 1. The number of hydrogen-bond acceptors (Lipinski definition) is 4. The lowest BCUT2D eigenvalue weighted by Crippen LogP contribution is -2.13. The molecule has 0 aliphatic carbocycles. The maximum Gasteiger partial charge on any atom is 0.124 e. The van der Waals surface area contributed by atoms with Crippen molar-refractivity contribution in [3.63, 3.8) is 0 Å². The van der Waals surface area contributed by atoms with Gasteiger partial charge in [0.1, 0.15) is 10.8 Å². The third kappa shape index (κ3) is 2.68. The lowest BCUT2D eigenvalue weighted by atomic mass is 10.1. The number of nitrogens with two attached hydrogens (primary N) is 1. The van der Waals surface area contributed by atoms with Crippen molar-refractivity contribution >= 4 is 27.3 Å². The van der Waals surface area contributed by atoms with Gasteiger partial charge >= 0.3 is 0 Å². The summed E-state index contributed by atoms with van der Waals surface area (Å²) < 4.78 is 6.31. The molecule has 2 N–H and O–H groups in total. The van der Waals surface area contributed by atoms with Crippen molar-refractivity contribution < 1.29 is 4.74 Å². The second-order valence-electron chi connectivity index (χ2n) is 3.69. The summed E-state index contributed by atoms with van der Waals surface area (Å²) in [5.41, 5.74) is 8.16. The molecule has 90 valence electrons. The first-order chi connectivity index (χ1) is 8.11. The van der Waals surface area contributed by atoms with Crippen molar-refractivity contribution in [2.24, 2.45) is 5.73 Å². The zero-order valence-electron chi connectivity index (χ0n) is 9.61. The first kappa shape index (κ1) is 12.5. The molecule has 1 unspecified atom stereocenters. The number of thiazole rings is 1. The molecule has 1 atom stereocenters. The number of benzene rings is 1. The van der Waals surface area contributed by atoms with Gasteiger partial charge in [0.2, 0.25) is 0 Å². The molecule has 2 aromatic rings. The molecule has 0 saturated heterocycles. The summed E-state index contributed by atoms with van der Waals surface area (Å²) in [6.45, 7) is 1.96. The zero-order valence-corrected chi connectivity index (χ0v) is 12.0. The Kier molecular flexibility index (Phi) is 3.81. The van der Waals surface area contributed by atoms with Crippen LogP contribution in [-0.4, -0.2) is 12.1 Å². The van der Waals surface area contributed by atoms with Gasteiger partial charge in [-0.2, -0.15) is 0 Å². The van der Waals surface area contributed by atoms with Crippen molar-refractivity contribution in [1.29, 1.82) is 0 Å². The van der Waals surface area contributed by atoms with Crippen molar-refractivity contribution in [2.45, 2.75) is 13.0 Å². The summed E-state index contributed by atoms with van der Waals surface area (Å²) >= 11 is 5.01. The van der Waals surface area contributed by atoms with Gasteiger partial charge in [0.25, 0.3) is 0 Å². The van der Waals surface area contributed by atoms with Gasteiger partial charge in [-0.05, 0) is 25.1 Å². The number of rotatable bonds is 3. The smallest absolute Gasteiger partial charge is 0.124 e. The highest BCUT2D eigenvalue weighted by Gasteiger charge is 2.17. The van der Waals surface area contributed by atoms with Crippen molar-refractivity contribution in [2.75, 3.05) is 7.11 Å². The van der Waals surface area contributed by atoms with Crippen LogP contribution in [0.1, 0.15) is 22.3 Å². The molecule has 1 aromatic heterocycles. The highest BCUT2D eigenvalue weighted by Crippen LogP contribution is 2.32. The highest BCUT2D eigenvalue weighted by molar-refractivity contribution is 9.10. The van der Waals surface area contributed by atoms with Gasteiger partial charge in [-0.15, -0.1) is 11.3 Å². The minimum absolute atomic E-state index is 0.249. The van der Waals surface area contributed by atoms with Crippen molar-refractivity contribution in [3.05, 3.63) is 44.3 Å². The van der Waals surface area contributed by atoms with E-state index in [-0.39, 0.29) is 6.04 Å². The summed E-state index contributed by atoms with van der Waals surface area (Å²) in [7, 11) is 1.65. The van der Waals surface area contributed by atoms with Crippen molar-refractivity contribution in [1.82, 2.24) is 4.98 Å². The summed E-state index contributed by atoms with van der Waals surface area (Å²) in [5, 5.41) is 2.90. The third-order valence-corrected chi connectivity index (χ3v) is 3.97. The number of nitrogens with zero attached hydrogens (tertiary/aromatic N) is 1. The molecule has 1 aromatic carbocycles. The molecular formula is C12H13BrN2OS. The van der Waals surface area contributed by atoms with Gasteiger partial charge in [0.05, 0.1) is 13.2 Å². The van der Waals surface area contributed by atoms with E-state index in [1.54, 1.807) is 18.4 Å². The highest BCUT2D eigenvalue weighted by atomic mass is 79.9. The van der Waals surface area contributed by atoms with Crippen LogP contribution in [0.2, 0.25) is 0 Å². The molecule has 3 nitrogen and oxygen atoms in total. The van der Waals surface area contributed by atoms with E-state index in [2.05, 4.69) is 20.9 Å². The number of hydrogen-bond donors (Lipinski definition) is 1. The lowest BCUT2D eigenvalue weighted by molar-refractivity contribution is 0.407. The van der Waals surface area contributed by atoms with E-state index in [4.69, 9.17) is 10.5 Å². The van der Waals surface area contributed by atoms with Gasteiger partial charge in [-0.25, -0.2) is 4.98 Å². The van der Waals surface area contributed by atoms with Crippen LogP contribution in [0.15, 0.2) is 28.1 Å². The van der Waals surface area contributed by atoms with E-state index in [1.807, 2.05) is 30.5 Å². The minimum atomic E-state index is -0.249. The SMILES string of the molecule is COc1ccc(Br)cc1C(N)c1nc(C)cs1. The fourth-order valence-corrected chi connectivity index (χ4v) is 2.79. The van der Waals surface area contributed by atoms with E-state index in [9.17, 15) is 0 Å². The molecule has 0 bridgehead atoms. The van der Waals surface area contributed by atoms with Gasteiger partial charge in [0.15, 0.2) is 0 Å². The Balaban J connectivity index is 2.42. The predicted octanol–water partition coefficient (Wildman–Crippen LogP) is 3.27. The normalized spacial score (nSPS) is 12.5. The Morgan fingerprint density at radius 2 is 2.24 bits per heavy atom. The maximum atomic E-state index is 6.22. The summed E-state index contributed by atoms with van der Waals surface area (Å²) in [4.78, 5) is 4.41. The molecule has 1 heterocycles. The van der Waals surface area contributed by atoms with Gasteiger partial charge in [0, 0.05) is 21.1 Å². The van der Waals surface area contributed by atoms with Crippen LogP contribution in [0, 0.1) is 6.92 Å². The second-order valence-corrected chi connectivity index (χ2v) is 5.50. The third-order valence-electron chi connectivity index (χ3n) is 2.43. The second kappa shape index (κ2) is 5.16. The molecule has 2 rings (SSSR count). The molecule has 0 aliphatic heterocycles. The molecular weight excluding hydrogens is 300 g/mol. The number of methoxy groups -OCH3 is 1. The van der Waals surface area contributed by atoms with E-state index >= 15 is 0 Å². The molecule has 0 spiro atoms. The van der Waals surface area contributed by atoms with Crippen LogP contribution in [-0.2, 0) is 0 Å². The average molecular weight is 313 g/mol. The van der Waals surface area contributed by atoms with Crippen LogP contribution in [0.5, 0.6) is 5.75 Å². The predicted molar refractivity (Wildman–Crippen MR) is 73.6 cm³/mol. The topological polar surface area (TPSA) is 48.1 Å². The minimum Gasteiger partial charge on any atom is -0.496 e. The Morgan fingerprint density at radius 1 is 1.47 bits per heavy atom. The fraction of sp³-hybridized carbons (Fsp3) is 0.250. The summed E-state index contributed by atoms with van der Waals surface area (Å²) in [6, 6.07) is 5.56. The molecule has 17 heavy (non-hydrogen) atoms. The zero-order chi connectivity index (χ0) is 12.4. The van der Waals surface area contributed by atoms with Crippen LogP contribution in [0.25, 0.3) is 0 Å².